The van der Waals surface area contributed by atoms with E-state index in [0.29, 0.717) is 24.1 Å². The van der Waals surface area contributed by atoms with Gasteiger partial charge in [0.2, 0.25) is 5.91 Å². The van der Waals surface area contributed by atoms with Gasteiger partial charge in [-0.15, -0.1) is 24.0 Å². The Morgan fingerprint density at radius 2 is 1.92 bits per heavy atom. The lowest BCUT2D eigenvalue weighted by molar-refractivity contribution is -0.130. The summed E-state index contributed by atoms with van der Waals surface area (Å²) >= 11 is 5.85. The van der Waals surface area contributed by atoms with Crippen LogP contribution in [0.4, 0.5) is 0 Å². The van der Waals surface area contributed by atoms with Crippen molar-refractivity contribution in [2.24, 2.45) is 4.99 Å². The molecule has 8 heteroatoms. The standard InChI is InChI=1S/C18H27ClN4O2.HI/c1-20-18(21-14-17(24)23-10-4-3-5-11-23)22(2)12-13-25-16-8-6-15(19)7-9-16;/h6-9H,3-5,10-14H2,1-2H3,(H,20,21);1H. The number of hydrogen-bond acceptors (Lipinski definition) is 3. The number of amides is 1. The highest BCUT2D eigenvalue weighted by Gasteiger charge is 2.17. The van der Waals surface area contributed by atoms with E-state index in [0.717, 1.165) is 31.7 Å². The van der Waals surface area contributed by atoms with Crippen molar-refractivity contribution in [3.05, 3.63) is 29.3 Å². The van der Waals surface area contributed by atoms with Crippen molar-refractivity contribution in [2.75, 3.05) is 46.9 Å². The van der Waals surface area contributed by atoms with Crippen molar-refractivity contribution < 1.29 is 9.53 Å². The molecule has 1 aromatic carbocycles. The lowest BCUT2D eigenvalue weighted by Crippen LogP contribution is -2.47. The van der Waals surface area contributed by atoms with Crippen molar-refractivity contribution in [1.29, 1.82) is 0 Å². The van der Waals surface area contributed by atoms with Gasteiger partial charge in [-0.2, -0.15) is 0 Å². The fourth-order valence-corrected chi connectivity index (χ4v) is 2.86. The van der Waals surface area contributed by atoms with E-state index in [-0.39, 0.29) is 36.4 Å². The minimum absolute atomic E-state index is 0. The largest absolute Gasteiger partial charge is 0.492 e. The molecule has 0 aliphatic carbocycles. The van der Waals surface area contributed by atoms with Gasteiger partial charge in [-0.1, -0.05) is 11.6 Å². The van der Waals surface area contributed by atoms with E-state index in [9.17, 15) is 4.79 Å². The van der Waals surface area contributed by atoms with Crippen LogP contribution in [0.1, 0.15) is 19.3 Å². The summed E-state index contributed by atoms with van der Waals surface area (Å²) in [5.41, 5.74) is 0. The number of piperidine rings is 1. The molecule has 0 spiro atoms. The number of hydrogen-bond donors (Lipinski definition) is 1. The van der Waals surface area contributed by atoms with Crippen LogP contribution in [0.15, 0.2) is 29.3 Å². The summed E-state index contributed by atoms with van der Waals surface area (Å²) in [6.45, 7) is 3.17. The average Bonchev–Trinajstić information content (AvgIpc) is 2.64. The molecule has 0 unspecified atom stereocenters. The molecule has 6 nitrogen and oxygen atoms in total. The lowest BCUT2D eigenvalue weighted by Gasteiger charge is -2.28. The first-order chi connectivity index (χ1) is 12.1. The van der Waals surface area contributed by atoms with Gasteiger partial charge < -0.3 is 19.9 Å². The Morgan fingerprint density at radius 1 is 1.27 bits per heavy atom. The molecule has 26 heavy (non-hydrogen) atoms. The SMILES string of the molecule is CN=C(NCC(=O)N1CCCCC1)N(C)CCOc1ccc(Cl)cc1.I. The Hall–Kier alpha value is -1.22. The fourth-order valence-electron chi connectivity index (χ4n) is 2.73. The molecule has 1 aliphatic rings. The van der Waals surface area contributed by atoms with Gasteiger partial charge in [-0.25, -0.2) is 0 Å². The van der Waals surface area contributed by atoms with E-state index in [1.807, 2.05) is 29.0 Å². The first-order valence-electron chi connectivity index (χ1n) is 8.68. The van der Waals surface area contributed by atoms with E-state index in [1.54, 1.807) is 19.2 Å². The second-order valence-electron chi connectivity index (χ2n) is 6.07. The Morgan fingerprint density at radius 3 is 2.54 bits per heavy atom. The highest BCUT2D eigenvalue weighted by atomic mass is 127. The molecule has 146 valence electrons. The number of carbonyl (C=O) groups excluding carboxylic acids is 1. The van der Waals surface area contributed by atoms with Crippen LogP contribution in [-0.4, -0.2) is 68.5 Å². The zero-order valence-corrected chi connectivity index (χ0v) is 18.5. The third kappa shape index (κ3) is 7.57. The molecule has 1 N–H and O–H groups in total. The molecule has 1 amide bonds. The molecular weight excluding hydrogens is 467 g/mol. The van der Waals surface area contributed by atoms with Crippen molar-refractivity contribution in [3.8, 4) is 5.75 Å². The van der Waals surface area contributed by atoms with Crippen LogP contribution in [0.3, 0.4) is 0 Å². The maximum Gasteiger partial charge on any atom is 0.241 e. The number of ether oxygens (including phenoxy) is 1. The number of likely N-dealkylation sites (tertiary alicyclic amines) is 1. The molecule has 1 aromatic rings. The summed E-state index contributed by atoms with van der Waals surface area (Å²) in [6.07, 6.45) is 3.42. The maximum atomic E-state index is 12.2. The molecule has 0 saturated carbocycles. The fraction of sp³-hybridized carbons (Fsp3) is 0.556. The number of nitrogens with one attached hydrogen (secondary N) is 1. The van der Waals surface area contributed by atoms with Crippen molar-refractivity contribution >= 4 is 47.4 Å². The summed E-state index contributed by atoms with van der Waals surface area (Å²) in [4.78, 5) is 20.3. The van der Waals surface area contributed by atoms with Gasteiger partial charge in [-0.3, -0.25) is 9.79 Å². The van der Waals surface area contributed by atoms with Crippen LogP contribution in [0.5, 0.6) is 5.75 Å². The number of halogens is 2. The quantitative estimate of drug-likeness (QED) is 0.375. The summed E-state index contributed by atoms with van der Waals surface area (Å²) < 4.78 is 5.69. The zero-order valence-electron chi connectivity index (χ0n) is 15.4. The topological polar surface area (TPSA) is 57.2 Å². The van der Waals surface area contributed by atoms with Crippen LogP contribution in [0.2, 0.25) is 5.02 Å². The van der Waals surface area contributed by atoms with Gasteiger partial charge in [0.15, 0.2) is 5.96 Å². The first kappa shape index (κ1) is 22.8. The second kappa shape index (κ2) is 12.2. The average molecular weight is 495 g/mol. The van der Waals surface area contributed by atoms with Gasteiger partial charge in [0.05, 0.1) is 13.1 Å². The third-order valence-electron chi connectivity index (χ3n) is 4.19. The predicted molar refractivity (Wildman–Crippen MR) is 117 cm³/mol. The first-order valence-corrected chi connectivity index (χ1v) is 9.06. The zero-order chi connectivity index (χ0) is 18.1. The van der Waals surface area contributed by atoms with E-state index < -0.39 is 0 Å². The van der Waals surface area contributed by atoms with Gasteiger partial charge in [0.25, 0.3) is 0 Å². The normalized spacial score (nSPS) is 14.4. The Labute approximate surface area is 177 Å². The van der Waals surface area contributed by atoms with Crippen LogP contribution in [0.25, 0.3) is 0 Å². The molecule has 0 bridgehead atoms. The molecule has 0 atom stereocenters. The molecule has 1 aliphatic heterocycles. The van der Waals surface area contributed by atoms with Crippen molar-refractivity contribution in [1.82, 2.24) is 15.1 Å². The lowest BCUT2D eigenvalue weighted by atomic mass is 10.1. The number of nitrogens with zero attached hydrogens (tertiary/aromatic N) is 3. The van der Waals surface area contributed by atoms with Crippen LogP contribution >= 0.6 is 35.6 Å². The highest BCUT2D eigenvalue weighted by Crippen LogP contribution is 2.15. The Bertz CT molecular complexity index is 577. The van der Waals surface area contributed by atoms with Gasteiger partial charge in [0, 0.05) is 32.2 Å². The van der Waals surface area contributed by atoms with Gasteiger partial charge in [0.1, 0.15) is 12.4 Å². The predicted octanol–water partition coefficient (Wildman–Crippen LogP) is 2.86. The Kier molecular flexibility index (Phi) is 10.7. The third-order valence-corrected chi connectivity index (χ3v) is 4.44. The molecule has 0 radical (unpaired) electrons. The monoisotopic (exact) mass is 494 g/mol. The van der Waals surface area contributed by atoms with Gasteiger partial charge in [-0.05, 0) is 43.5 Å². The maximum absolute atomic E-state index is 12.2. The van der Waals surface area contributed by atoms with Crippen LogP contribution in [-0.2, 0) is 4.79 Å². The number of guanidine groups is 1. The second-order valence-corrected chi connectivity index (χ2v) is 6.50. The minimum Gasteiger partial charge on any atom is -0.492 e. The molecule has 1 heterocycles. The number of likely N-dealkylation sites (N-methyl/N-ethyl adjacent to an activating group) is 1. The number of benzene rings is 1. The van der Waals surface area contributed by atoms with Crippen molar-refractivity contribution in [2.45, 2.75) is 19.3 Å². The smallest absolute Gasteiger partial charge is 0.241 e. The van der Waals surface area contributed by atoms with E-state index >= 15 is 0 Å². The van der Waals surface area contributed by atoms with E-state index in [2.05, 4.69) is 10.3 Å². The van der Waals surface area contributed by atoms with E-state index in [1.165, 1.54) is 6.42 Å². The summed E-state index contributed by atoms with van der Waals surface area (Å²) in [7, 11) is 3.64. The highest BCUT2D eigenvalue weighted by molar-refractivity contribution is 14.0. The van der Waals surface area contributed by atoms with Crippen LogP contribution < -0.4 is 10.1 Å². The summed E-state index contributed by atoms with van der Waals surface area (Å²) in [5.74, 6) is 1.60. The van der Waals surface area contributed by atoms with Gasteiger partial charge >= 0.3 is 0 Å². The van der Waals surface area contributed by atoms with E-state index in [4.69, 9.17) is 16.3 Å². The molecular formula is C18H28ClIN4O2. The minimum atomic E-state index is 0. The number of aliphatic imine (C=N–C) groups is 1. The van der Waals surface area contributed by atoms with Crippen molar-refractivity contribution in [3.63, 3.8) is 0 Å². The van der Waals surface area contributed by atoms with Crippen LogP contribution in [0, 0.1) is 0 Å². The Balaban J connectivity index is 0.00000338. The molecule has 1 fully saturated rings. The molecule has 1 saturated heterocycles. The number of carbonyl (C=O) groups is 1. The number of rotatable bonds is 6. The summed E-state index contributed by atoms with van der Waals surface area (Å²) in [6, 6.07) is 7.28. The molecule has 2 rings (SSSR count). The molecule has 0 aromatic heterocycles. The summed E-state index contributed by atoms with van der Waals surface area (Å²) in [5, 5.41) is 3.82.